The zero-order valence-electron chi connectivity index (χ0n) is 19.2. The second kappa shape index (κ2) is 9.93. The molecule has 0 radical (unpaired) electrons. The van der Waals surface area contributed by atoms with Gasteiger partial charge in [-0.25, -0.2) is 4.98 Å². The summed E-state index contributed by atoms with van der Waals surface area (Å²) in [6.07, 6.45) is 1.69. The molecule has 170 valence electrons. The standard InChI is InChI=1S/C26H27N3O2S2/c1-5-17-8-7-9-18(6-2)22(17)27-23(30)16(4)33-26-28-24(31)21-20(14-32-25(21)29-26)19-12-10-15(3)11-13-19/h7-14,16H,5-6H2,1-4H3,(H,27,30)(H,28,29,31). The monoisotopic (exact) mass is 477 g/mol. The van der Waals surface area contributed by atoms with E-state index >= 15 is 0 Å². The molecule has 0 saturated carbocycles. The van der Waals surface area contributed by atoms with Gasteiger partial charge in [0.2, 0.25) is 5.91 Å². The van der Waals surface area contributed by atoms with Gasteiger partial charge in [-0.1, -0.05) is 73.6 Å². The highest BCUT2D eigenvalue weighted by atomic mass is 32.2. The van der Waals surface area contributed by atoms with Crippen molar-refractivity contribution in [1.29, 1.82) is 0 Å². The lowest BCUT2D eigenvalue weighted by Crippen LogP contribution is -2.24. The van der Waals surface area contributed by atoms with Crippen molar-refractivity contribution in [3.63, 3.8) is 0 Å². The van der Waals surface area contributed by atoms with Gasteiger partial charge in [-0.3, -0.25) is 9.59 Å². The van der Waals surface area contributed by atoms with Gasteiger partial charge in [0.25, 0.3) is 5.56 Å². The van der Waals surface area contributed by atoms with E-state index in [-0.39, 0.29) is 11.5 Å². The van der Waals surface area contributed by atoms with E-state index < -0.39 is 5.25 Å². The molecule has 0 saturated heterocycles. The Kier molecular flexibility index (Phi) is 7.00. The summed E-state index contributed by atoms with van der Waals surface area (Å²) >= 11 is 2.71. The predicted octanol–water partition coefficient (Wildman–Crippen LogP) is 6.20. The van der Waals surface area contributed by atoms with Crippen LogP contribution < -0.4 is 10.9 Å². The number of rotatable bonds is 7. The van der Waals surface area contributed by atoms with Crippen LogP contribution in [0.2, 0.25) is 0 Å². The van der Waals surface area contributed by atoms with E-state index in [4.69, 9.17) is 0 Å². The third-order valence-electron chi connectivity index (χ3n) is 5.69. The predicted molar refractivity (Wildman–Crippen MR) is 140 cm³/mol. The molecule has 4 aromatic rings. The molecule has 1 amide bonds. The molecular weight excluding hydrogens is 450 g/mol. The Labute approximate surface area is 201 Å². The summed E-state index contributed by atoms with van der Waals surface area (Å²) in [6, 6.07) is 14.2. The number of aromatic nitrogens is 2. The number of aryl methyl sites for hydroxylation is 3. The maximum Gasteiger partial charge on any atom is 0.260 e. The summed E-state index contributed by atoms with van der Waals surface area (Å²) in [5, 5.41) is 5.70. The first-order valence-corrected chi connectivity index (χ1v) is 12.8. The number of thiophene rings is 1. The number of nitrogens with one attached hydrogen (secondary N) is 2. The number of amides is 1. The molecule has 4 rings (SSSR count). The molecule has 1 unspecified atom stereocenters. The quantitative estimate of drug-likeness (QED) is 0.245. The smallest absolute Gasteiger partial charge is 0.260 e. The van der Waals surface area contributed by atoms with Crippen molar-refractivity contribution in [2.75, 3.05) is 5.32 Å². The molecule has 2 N–H and O–H groups in total. The number of carbonyl (C=O) groups is 1. The number of hydrogen-bond donors (Lipinski definition) is 2. The molecule has 2 aromatic carbocycles. The fourth-order valence-corrected chi connectivity index (χ4v) is 5.58. The number of para-hydroxylation sites is 1. The summed E-state index contributed by atoms with van der Waals surface area (Å²) < 4.78 is 0. The van der Waals surface area contributed by atoms with Crippen LogP contribution in [0.4, 0.5) is 5.69 Å². The molecule has 0 aliphatic rings. The lowest BCUT2D eigenvalue weighted by Gasteiger charge is -2.17. The van der Waals surface area contributed by atoms with Crippen LogP contribution in [0.25, 0.3) is 21.3 Å². The first-order chi connectivity index (χ1) is 15.9. The van der Waals surface area contributed by atoms with Gasteiger partial charge < -0.3 is 10.3 Å². The first kappa shape index (κ1) is 23.3. The van der Waals surface area contributed by atoms with E-state index in [0.29, 0.717) is 15.4 Å². The summed E-state index contributed by atoms with van der Waals surface area (Å²) in [4.78, 5) is 34.1. The molecule has 2 heterocycles. The second-order valence-corrected chi connectivity index (χ2v) is 10.2. The molecule has 1 atom stereocenters. The number of H-pyrrole nitrogens is 1. The van der Waals surface area contributed by atoms with E-state index in [2.05, 4.69) is 29.1 Å². The molecule has 0 aliphatic heterocycles. The van der Waals surface area contributed by atoms with Gasteiger partial charge in [0.05, 0.1) is 10.6 Å². The lowest BCUT2D eigenvalue weighted by molar-refractivity contribution is -0.115. The van der Waals surface area contributed by atoms with Gasteiger partial charge in [0.1, 0.15) is 4.83 Å². The molecular formula is C26H27N3O2S2. The van der Waals surface area contributed by atoms with Crippen LogP contribution in [0.1, 0.15) is 37.5 Å². The van der Waals surface area contributed by atoms with Crippen LogP contribution in [-0.4, -0.2) is 21.1 Å². The number of anilines is 1. The first-order valence-electron chi connectivity index (χ1n) is 11.1. The molecule has 0 aliphatic carbocycles. The van der Waals surface area contributed by atoms with Gasteiger partial charge in [-0.15, -0.1) is 11.3 Å². The van der Waals surface area contributed by atoms with Gasteiger partial charge in [-0.2, -0.15) is 0 Å². The van der Waals surface area contributed by atoms with Crippen LogP contribution in [0.3, 0.4) is 0 Å². The number of fused-ring (bicyclic) bond motifs is 1. The van der Waals surface area contributed by atoms with Crippen molar-refractivity contribution in [2.45, 2.75) is 50.9 Å². The Balaban J connectivity index is 1.56. The van der Waals surface area contributed by atoms with Crippen LogP contribution in [0.5, 0.6) is 0 Å². The number of nitrogens with zero attached hydrogens (tertiary/aromatic N) is 1. The molecule has 33 heavy (non-hydrogen) atoms. The maximum absolute atomic E-state index is 13.0. The number of thioether (sulfide) groups is 1. The molecule has 2 aromatic heterocycles. The van der Waals surface area contributed by atoms with Crippen molar-refractivity contribution in [3.05, 3.63) is 74.9 Å². The normalized spacial score (nSPS) is 12.1. The highest BCUT2D eigenvalue weighted by Gasteiger charge is 2.20. The Morgan fingerprint density at radius 3 is 2.42 bits per heavy atom. The second-order valence-electron chi connectivity index (χ2n) is 7.97. The van der Waals surface area contributed by atoms with Crippen molar-refractivity contribution < 1.29 is 4.79 Å². The van der Waals surface area contributed by atoms with Crippen molar-refractivity contribution in [1.82, 2.24) is 9.97 Å². The van der Waals surface area contributed by atoms with E-state index in [9.17, 15) is 9.59 Å². The SMILES string of the molecule is CCc1cccc(CC)c1NC(=O)C(C)Sc1nc2scc(-c3ccc(C)cc3)c2c(=O)[nH]1. The summed E-state index contributed by atoms with van der Waals surface area (Å²) in [6.45, 7) is 8.03. The number of aromatic amines is 1. The minimum absolute atomic E-state index is 0.107. The van der Waals surface area contributed by atoms with Gasteiger partial charge in [-0.05, 0) is 43.4 Å². The van der Waals surface area contributed by atoms with Crippen LogP contribution in [-0.2, 0) is 17.6 Å². The minimum Gasteiger partial charge on any atom is -0.325 e. The van der Waals surface area contributed by atoms with E-state index in [1.165, 1.54) is 28.7 Å². The third kappa shape index (κ3) is 4.89. The highest BCUT2D eigenvalue weighted by Crippen LogP contribution is 2.32. The maximum atomic E-state index is 13.0. The summed E-state index contributed by atoms with van der Waals surface area (Å²) in [7, 11) is 0. The minimum atomic E-state index is -0.420. The van der Waals surface area contributed by atoms with Crippen molar-refractivity contribution >= 4 is 44.9 Å². The molecule has 7 heteroatoms. The van der Waals surface area contributed by atoms with Gasteiger partial charge in [0, 0.05) is 16.6 Å². The number of hydrogen-bond acceptors (Lipinski definition) is 5. The van der Waals surface area contributed by atoms with Crippen LogP contribution in [0.15, 0.2) is 57.8 Å². The third-order valence-corrected chi connectivity index (χ3v) is 7.55. The molecule has 0 bridgehead atoms. The Bertz CT molecular complexity index is 1330. The number of benzene rings is 2. The van der Waals surface area contributed by atoms with Gasteiger partial charge in [0.15, 0.2) is 5.16 Å². The topological polar surface area (TPSA) is 74.8 Å². The average Bonchev–Trinajstić information content (AvgIpc) is 3.24. The summed E-state index contributed by atoms with van der Waals surface area (Å²) in [5.74, 6) is -0.107. The fourth-order valence-electron chi connectivity index (χ4n) is 3.78. The molecule has 5 nitrogen and oxygen atoms in total. The van der Waals surface area contributed by atoms with E-state index in [0.717, 1.165) is 40.8 Å². The molecule has 0 fully saturated rings. The Morgan fingerprint density at radius 2 is 1.79 bits per heavy atom. The fraction of sp³-hybridized carbons (Fsp3) is 0.269. The largest absolute Gasteiger partial charge is 0.325 e. The van der Waals surface area contributed by atoms with E-state index in [1.807, 2.05) is 61.7 Å². The highest BCUT2D eigenvalue weighted by molar-refractivity contribution is 8.00. The average molecular weight is 478 g/mol. The van der Waals surface area contributed by atoms with Gasteiger partial charge >= 0.3 is 0 Å². The van der Waals surface area contributed by atoms with Crippen molar-refractivity contribution in [2.24, 2.45) is 0 Å². The summed E-state index contributed by atoms with van der Waals surface area (Å²) in [5.41, 5.74) is 6.01. The Hall–Kier alpha value is -2.90. The van der Waals surface area contributed by atoms with Crippen LogP contribution in [0, 0.1) is 6.92 Å². The van der Waals surface area contributed by atoms with Crippen LogP contribution >= 0.6 is 23.1 Å². The Morgan fingerprint density at radius 1 is 1.12 bits per heavy atom. The zero-order valence-corrected chi connectivity index (χ0v) is 20.8. The lowest BCUT2D eigenvalue weighted by atomic mass is 10.0. The zero-order chi connectivity index (χ0) is 23.5. The molecule has 0 spiro atoms. The van der Waals surface area contributed by atoms with Crippen molar-refractivity contribution in [3.8, 4) is 11.1 Å². The number of carbonyl (C=O) groups excluding carboxylic acids is 1. The van der Waals surface area contributed by atoms with E-state index in [1.54, 1.807) is 0 Å².